The number of benzene rings is 2. The van der Waals surface area contributed by atoms with E-state index in [4.69, 9.17) is 4.74 Å². The van der Waals surface area contributed by atoms with Gasteiger partial charge >= 0.3 is 5.90 Å². The van der Waals surface area contributed by atoms with E-state index in [1.807, 2.05) is 30.3 Å². The second kappa shape index (κ2) is 9.37. The van der Waals surface area contributed by atoms with Crippen LogP contribution in [0.25, 0.3) is 10.2 Å². The van der Waals surface area contributed by atoms with E-state index in [2.05, 4.69) is 33.1 Å². The highest BCUT2D eigenvalue weighted by atomic mass is 32.1. The molecular weight excluding hydrogens is 382 g/mol. The molecule has 2 N–H and O–H groups in total. The minimum atomic E-state index is 0.302. The van der Waals surface area contributed by atoms with Crippen LogP contribution in [0.5, 0.6) is 10.9 Å². The molecule has 0 saturated heterocycles. The Balaban J connectivity index is 1.28. The van der Waals surface area contributed by atoms with E-state index >= 15 is 0 Å². The monoisotopic (exact) mass is 410 g/mol. The Kier molecular flexibility index (Phi) is 6.42. The van der Waals surface area contributed by atoms with E-state index < -0.39 is 0 Å². The van der Waals surface area contributed by atoms with Crippen molar-refractivity contribution in [2.75, 3.05) is 19.6 Å². The lowest BCUT2D eigenvalue weighted by atomic mass is 10.1. The summed E-state index contributed by atoms with van der Waals surface area (Å²) in [5.74, 6) is 1.13. The number of aliphatic hydroxyl groups is 1. The van der Waals surface area contributed by atoms with Crippen molar-refractivity contribution < 1.29 is 14.8 Å². The van der Waals surface area contributed by atoms with Gasteiger partial charge in [0.25, 0.3) is 5.19 Å². The van der Waals surface area contributed by atoms with Crippen molar-refractivity contribution in [2.45, 2.75) is 38.6 Å². The smallest absolute Gasteiger partial charge is 0.328 e. The fraction of sp³-hybridized carbons (Fsp3) is 0.391. The van der Waals surface area contributed by atoms with Gasteiger partial charge in [-0.3, -0.25) is 4.90 Å². The van der Waals surface area contributed by atoms with Gasteiger partial charge in [0.2, 0.25) is 0 Å². The highest BCUT2D eigenvalue weighted by Crippen LogP contribution is 2.31. The Morgan fingerprint density at radius 1 is 1.17 bits per heavy atom. The lowest BCUT2D eigenvalue weighted by molar-refractivity contribution is -0.467. The van der Waals surface area contributed by atoms with Crippen LogP contribution in [0.2, 0.25) is 0 Å². The van der Waals surface area contributed by atoms with Crippen molar-refractivity contribution in [2.24, 2.45) is 0 Å². The molecule has 0 spiro atoms. The Hall–Kier alpha value is -2.44. The number of ether oxygens (including phenoxy) is 1. The van der Waals surface area contributed by atoms with Crippen LogP contribution in [0, 0.1) is 0 Å². The maximum absolute atomic E-state index is 9.22. The van der Waals surface area contributed by atoms with E-state index in [9.17, 15) is 5.11 Å². The lowest BCUT2D eigenvalue weighted by Gasteiger charge is -2.21. The summed E-state index contributed by atoms with van der Waals surface area (Å²) in [7, 11) is 0. The zero-order valence-electron chi connectivity index (χ0n) is 16.8. The summed E-state index contributed by atoms with van der Waals surface area (Å²) in [6.07, 6.45) is 4.71. The summed E-state index contributed by atoms with van der Waals surface area (Å²) >= 11 is 1.57. The van der Waals surface area contributed by atoms with Gasteiger partial charge in [-0.25, -0.2) is 9.98 Å². The first-order valence-electron chi connectivity index (χ1n) is 10.3. The Morgan fingerprint density at radius 2 is 1.97 bits per heavy atom. The summed E-state index contributed by atoms with van der Waals surface area (Å²) in [5, 5.41) is 9.91. The zero-order chi connectivity index (χ0) is 20.1. The molecule has 1 fully saturated rings. The van der Waals surface area contributed by atoms with Gasteiger partial charge in [0.1, 0.15) is 12.3 Å². The molecule has 0 aliphatic heterocycles. The molecule has 1 aliphatic carbocycles. The minimum Gasteiger partial charge on any atom is -0.464 e. The van der Waals surface area contributed by atoms with E-state index in [1.165, 1.54) is 18.4 Å². The molecule has 0 unspecified atom stereocenters. The van der Waals surface area contributed by atoms with Crippen LogP contribution in [0.15, 0.2) is 48.5 Å². The maximum atomic E-state index is 9.22. The normalized spacial score (nSPS) is 14.6. The first kappa shape index (κ1) is 19.9. The molecule has 0 radical (unpaired) electrons. The molecule has 1 saturated carbocycles. The third-order valence-electron chi connectivity index (χ3n) is 5.16. The second-order valence-corrected chi connectivity index (χ2v) is 8.57. The van der Waals surface area contributed by atoms with Crippen molar-refractivity contribution in [3.63, 3.8) is 0 Å². The quantitative estimate of drug-likeness (QED) is 0.305. The second-order valence-electron chi connectivity index (χ2n) is 7.58. The molecule has 0 amide bonds. The van der Waals surface area contributed by atoms with Gasteiger partial charge in [0.05, 0.1) is 17.1 Å². The number of hydrogen-bond donors (Lipinski definition) is 2. The van der Waals surface area contributed by atoms with Gasteiger partial charge in [-0.2, -0.15) is 0 Å². The molecule has 2 aromatic carbocycles. The van der Waals surface area contributed by atoms with Gasteiger partial charge in [0.15, 0.2) is 0 Å². The zero-order valence-corrected chi connectivity index (χ0v) is 17.6. The number of aromatic nitrogens is 1. The van der Waals surface area contributed by atoms with Crippen molar-refractivity contribution in [3.05, 3.63) is 54.1 Å². The molecule has 0 atom stereocenters. The van der Waals surface area contributed by atoms with E-state index in [-0.39, 0.29) is 0 Å². The van der Waals surface area contributed by atoms with Gasteiger partial charge < -0.3 is 9.84 Å². The van der Waals surface area contributed by atoms with Crippen molar-refractivity contribution >= 4 is 27.5 Å². The highest BCUT2D eigenvalue weighted by Gasteiger charge is 2.28. The van der Waals surface area contributed by atoms with E-state index in [0.717, 1.165) is 54.5 Å². The molecule has 29 heavy (non-hydrogen) atoms. The molecule has 6 heteroatoms. The summed E-state index contributed by atoms with van der Waals surface area (Å²) in [4.78, 5) is 10.1. The molecule has 1 heterocycles. The van der Waals surface area contributed by atoms with E-state index in [0.29, 0.717) is 11.1 Å². The molecule has 5 nitrogen and oxygen atoms in total. The first-order valence-corrected chi connectivity index (χ1v) is 11.1. The SMILES string of the molecule is CC(O)=[NH+]CCCN(CCc1ccc(Oc2nc3ccccc3s2)cc1)C1CC1. The number of aliphatic hydroxyl groups excluding tert-OH is 1. The average Bonchev–Trinajstić information content (AvgIpc) is 3.47. The molecule has 3 aromatic rings. The Labute approximate surface area is 175 Å². The van der Waals surface area contributed by atoms with Crippen LogP contribution in [0.1, 0.15) is 31.7 Å². The number of rotatable bonds is 10. The fourth-order valence-corrected chi connectivity index (χ4v) is 4.30. The van der Waals surface area contributed by atoms with Crippen LogP contribution in [0.3, 0.4) is 0 Å². The van der Waals surface area contributed by atoms with Gasteiger partial charge in [-0.05, 0) is 49.1 Å². The van der Waals surface area contributed by atoms with Crippen LogP contribution in [-0.4, -0.2) is 46.6 Å². The number of nitrogens with one attached hydrogen (secondary N) is 1. The topological polar surface area (TPSA) is 59.6 Å². The van der Waals surface area contributed by atoms with Crippen LogP contribution >= 0.6 is 11.3 Å². The lowest BCUT2D eigenvalue weighted by Crippen LogP contribution is -2.72. The van der Waals surface area contributed by atoms with Crippen molar-refractivity contribution in [1.82, 2.24) is 9.88 Å². The predicted octanol–water partition coefficient (Wildman–Crippen LogP) is 3.54. The summed E-state index contributed by atoms with van der Waals surface area (Å²) < 4.78 is 7.08. The Morgan fingerprint density at radius 3 is 2.69 bits per heavy atom. The number of nitrogens with zero attached hydrogens (tertiary/aromatic N) is 2. The molecule has 1 aliphatic rings. The molecule has 0 bridgehead atoms. The standard InChI is InChI=1S/C23H27N3O2S/c1-17(27)24-14-4-15-26(19-9-10-19)16-13-18-7-11-20(12-8-18)28-23-25-21-5-2-3-6-22(21)29-23/h2-3,5-8,11-12,19H,4,9-10,13-16H2,1H3,(H,24,27)/p+1. The third kappa shape index (κ3) is 5.78. The molecular formula is C23H28N3O2S+. The van der Waals surface area contributed by atoms with E-state index in [1.54, 1.807) is 18.3 Å². The maximum Gasteiger partial charge on any atom is 0.328 e. The van der Waals surface area contributed by atoms with Gasteiger partial charge in [-0.1, -0.05) is 35.6 Å². The van der Waals surface area contributed by atoms with Gasteiger partial charge in [0, 0.05) is 25.6 Å². The predicted molar refractivity (Wildman–Crippen MR) is 118 cm³/mol. The van der Waals surface area contributed by atoms with Crippen LogP contribution in [-0.2, 0) is 6.42 Å². The first-order chi connectivity index (χ1) is 14.2. The third-order valence-corrected chi connectivity index (χ3v) is 6.07. The average molecular weight is 411 g/mol. The summed E-state index contributed by atoms with van der Waals surface area (Å²) in [5.41, 5.74) is 2.30. The number of fused-ring (bicyclic) bond motifs is 1. The minimum absolute atomic E-state index is 0.302. The van der Waals surface area contributed by atoms with Crippen LogP contribution < -0.4 is 9.73 Å². The van der Waals surface area contributed by atoms with Gasteiger partial charge in [-0.15, -0.1) is 0 Å². The summed E-state index contributed by atoms with van der Waals surface area (Å²) in [6, 6.07) is 17.2. The largest absolute Gasteiger partial charge is 0.464 e. The number of hydrogen-bond acceptors (Lipinski definition) is 4. The number of para-hydroxylation sites is 1. The highest BCUT2D eigenvalue weighted by molar-refractivity contribution is 7.20. The van der Waals surface area contributed by atoms with Crippen LogP contribution in [0.4, 0.5) is 0 Å². The molecule has 1 aromatic heterocycles. The molecule has 152 valence electrons. The molecule has 4 rings (SSSR count). The Bertz CT molecular complexity index is 927. The fourth-order valence-electron chi connectivity index (χ4n) is 3.46. The number of thiazole rings is 1. The van der Waals surface area contributed by atoms with Crippen molar-refractivity contribution in [3.8, 4) is 10.9 Å². The van der Waals surface area contributed by atoms with Crippen molar-refractivity contribution in [1.29, 1.82) is 0 Å². The summed E-state index contributed by atoms with van der Waals surface area (Å²) in [6.45, 7) is 4.65.